The number of rotatable bonds is 5. The van der Waals surface area contributed by atoms with Crippen molar-refractivity contribution in [2.24, 2.45) is 5.73 Å². The largest absolute Gasteiger partial charge is 0.368 e. The van der Waals surface area contributed by atoms with Crippen LogP contribution in [0.4, 0.5) is 10.1 Å². The molecule has 122 valence electrons. The lowest BCUT2D eigenvalue weighted by atomic mass is 10.1. The first-order valence-electron chi connectivity index (χ1n) is 7.04. The van der Waals surface area contributed by atoms with Gasteiger partial charge in [-0.15, -0.1) is 11.3 Å². The predicted molar refractivity (Wildman–Crippen MR) is 94.5 cm³/mol. The molecule has 4 nitrogen and oxygen atoms in total. The average molecular weight is 362 g/mol. The quantitative estimate of drug-likeness (QED) is 0.714. The number of hydrogen-bond donors (Lipinski definition) is 2. The van der Waals surface area contributed by atoms with E-state index in [-0.39, 0.29) is 0 Å². The lowest BCUT2D eigenvalue weighted by molar-refractivity contribution is -0.118. The Bertz CT molecular complexity index is 870. The van der Waals surface area contributed by atoms with Crippen molar-refractivity contribution in [3.8, 4) is 11.1 Å². The van der Waals surface area contributed by atoms with Gasteiger partial charge in [0.2, 0.25) is 5.91 Å². The van der Waals surface area contributed by atoms with Crippen LogP contribution in [0.5, 0.6) is 0 Å². The number of carbonyl (C=O) groups excluding carboxylic acids is 1. The third-order valence-electron chi connectivity index (χ3n) is 3.40. The summed E-state index contributed by atoms with van der Waals surface area (Å²) in [6.07, 6.45) is 3.08. The molecular formula is C17H13ClFN3OS. The predicted octanol–water partition coefficient (Wildman–Crippen LogP) is 4.24. The first-order chi connectivity index (χ1) is 11.5. The van der Waals surface area contributed by atoms with Crippen molar-refractivity contribution in [1.29, 1.82) is 0 Å². The number of halogens is 2. The Labute approximate surface area is 147 Å². The zero-order chi connectivity index (χ0) is 17.1. The molecule has 0 aliphatic rings. The van der Waals surface area contributed by atoms with Crippen LogP contribution in [0.1, 0.15) is 10.9 Å². The minimum absolute atomic E-state index is 0.338. The van der Waals surface area contributed by atoms with Crippen molar-refractivity contribution < 1.29 is 9.18 Å². The summed E-state index contributed by atoms with van der Waals surface area (Å²) in [4.78, 5) is 16.6. The molecule has 0 aliphatic carbocycles. The van der Waals surface area contributed by atoms with Crippen LogP contribution in [-0.4, -0.2) is 10.9 Å². The molecule has 3 N–H and O–H groups in total. The highest BCUT2D eigenvalue weighted by molar-refractivity contribution is 7.10. The first-order valence-corrected chi connectivity index (χ1v) is 8.30. The highest BCUT2D eigenvalue weighted by Crippen LogP contribution is 2.29. The number of nitrogens with two attached hydrogens (primary N) is 1. The van der Waals surface area contributed by atoms with Crippen LogP contribution in [0.3, 0.4) is 0 Å². The van der Waals surface area contributed by atoms with Gasteiger partial charge in [0.15, 0.2) is 0 Å². The fraction of sp³-hybridized carbons (Fsp3) is 0.0588. The van der Waals surface area contributed by atoms with Crippen LogP contribution >= 0.6 is 22.9 Å². The van der Waals surface area contributed by atoms with Crippen LogP contribution in [-0.2, 0) is 4.79 Å². The van der Waals surface area contributed by atoms with Crippen molar-refractivity contribution in [3.05, 3.63) is 69.9 Å². The second kappa shape index (κ2) is 6.98. The fourth-order valence-electron chi connectivity index (χ4n) is 2.29. The molecule has 0 aliphatic heterocycles. The van der Waals surface area contributed by atoms with E-state index < -0.39 is 17.8 Å². The molecule has 1 atom stereocenters. The van der Waals surface area contributed by atoms with Gasteiger partial charge < -0.3 is 11.1 Å². The van der Waals surface area contributed by atoms with E-state index in [4.69, 9.17) is 17.3 Å². The molecule has 0 spiro atoms. The summed E-state index contributed by atoms with van der Waals surface area (Å²) in [6, 6.07) is 9.00. The molecule has 7 heteroatoms. The number of aromatic nitrogens is 1. The number of pyridine rings is 1. The third-order valence-corrected chi connectivity index (χ3v) is 4.57. The maximum Gasteiger partial charge on any atom is 0.245 e. The standard InChI is InChI=1S/C17H13ClFN3OS/c18-11-3-4-14(19)13(7-11)10-6-12(9-21-8-10)22-16(17(20)23)15-2-1-5-24-15/h1-9,16,22H,(H2,20,23). The van der Waals surface area contributed by atoms with Gasteiger partial charge in [0.25, 0.3) is 0 Å². The SMILES string of the molecule is NC(=O)C(Nc1cncc(-c2cc(Cl)ccc2F)c1)c1cccs1. The van der Waals surface area contributed by atoms with Gasteiger partial charge in [-0.25, -0.2) is 4.39 Å². The number of benzene rings is 1. The molecule has 24 heavy (non-hydrogen) atoms. The average Bonchev–Trinajstić information content (AvgIpc) is 3.09. The minimum atomic E-state index is -0.675. The summed E-state index contributed by atoms with van der Waals surface area (Å²) in [6.45, 7) is 0. The summed E-state index contributed by atoms with van der Waals surface area (Å²) >= 11 is 7.36. The van der Waals surface area contributed by atoms with Gasteiger partial charge in [-0.05, 0) is 35.7 Å². The van der Waals surface area contributed by atoms with Gasteiger partial charge in [0, 0.05) is 27.2 Å². The van der Waals surface area contributed by atoms with Gasteiger partial charge in [-0.1, -0.05) is 17.7 Å². The molecule has 1 amide bonds. The molecule has 3 rings (SSSR count). The normalized spacial score (nSPS) is 11.9. The van der Waals surface area contributed by atoms with Gasteiger partial charge in [0.1, 0.15) is 11.9 Å². The highest BCUT2D eigenvalue weighted by Gasteiger charge is 2.19. The molecule has 2 aromatic heterocycles. The third kappa shape index (κ3) is 3.55. The fourth-order valence-corrected chi connectivity index (χ4v) is 3.24. The molecule has 2 heterocycles. The molecule has 0 radical (unpaired) electrons. The monoisotopic (exact) mass is 361 g/mol. The van der Waals surface area contributed by atoms with E-state index >= 15 is 0 Å². The smallest absolute Gasteiger partial charge is 0.245 e. The zero-order valence-corrected chi connectivity index (χ0v) is 13.9. The Morgan fingerprint density at radius 3 is 2.83 bits per heavy atom. The summed E-state index contributed by atoms with van der Waals surface area (Å²) in [5.74, 6) is -0.903. The van der Waals surface area contributed by atoms with E-state index in [1.807, 2.05) is 17.5 Å². The van der Waals surface area contributed by atoms with Crippen LogP contribution in [0.15, 0.2) is 54.2 Å². The van der Waals surface area contributed by atoms with E-state index in [1.165, 1.54) is 35.7 Å². The highest BCUT2D eigenvalue weighted by atomic mass is 35.5. The molecule has 1 unspecified atom stereocenters. The molecular weight excluding hydrogens is 349 g/mol. The van der Waals surface area contributed by atoms with E-state index in [9.17, 15) is 9.18 Å². The van der Waals surface area contributed by atoms with Gasteiger partial charge in [0.05, 0.1) is 11.9 Å². The Morgan fingerprint density at radius 1 is 1.29 bits per heavy atom. The van der Waals surface area contributed by atoms with Crippen molar-refractivity contribution >= 4 is 34.5 Å². The van der Waals surface area contributed by atoms with Crippen LogP contribution in [0, 0.1) is 5.82 Å². The van der Waals surface area contributed by atoms with Crippen LogP contribution < -0.4 is 11.1 Å². The van der Waals surface area contributed by atoms with E-state index in [0.717, 1.165) is 4.88 Å². The summed E-state index contributed by atoms with van der Waals surface area (Å²) in [7, 11) is 0. The maximum atomic E-state index is 14.0. The number of primary amides is 1. The number of carbonyl (C=O) groups is 1. The molecule has 0 saturated carbocycles. The Morgan fingerprint density at radius 2 is 2.12 bits per heavy atom. The molecule has 3 aromatic rings. The molecule has 0 bridgehead atoms. The number of nitrogens with one attached hydrogen (secondary N) is 1. The van der Waals surface area contributed by atoms with Crippen LogP contribution in [0.2, 0.25) is 5.02 Å². The Balaban J connectivity index is 1.93. The number of hydrogen-bond acceptors (Lipinski definition) is 4. The van der Waals surface area contributed by atoms with Gasteiger partial charge in [-0.3, -0.25) is 9.78 Å². The second-order valence-corrected chi connectivity index (χ2v) is 6.50. The first kappa shape index (κ1) is 16.4. The summed E-state index contributed by atoms with van der Waals surface area (Å²) in [5, 5.41) is 5.34. The van der Waals surface area contributed by atoms with E-state index in [1.54, 1.807) is 12.3 Å². The number of amides is 1. The van der Waals surface area contributed by atoms with Crippen molar-refractivity contribution in [2.45, 2.75) is 6.04 Å². The molecule has 0 fully saturated rings. The Kier molecular flexibility index (Phi) is 4.78. The molecule has 1 aromatic carbocycles. The second-order valence-electron chi connectivity index (χ2n) is 5.08. The van der Waals surface area contributed by atoms with Crippen molar-refractivity contribution in [3.63, 3.8) is 0 Å². The van der Waals surface area contributed by atoms with E-state index in [2.05, 4.69) is 10.3 Å². The van der Waals surface area contributed by atoms with E-state index in [0.29, 0.717) is 21.8 Å². The maximum absolute atomic E-state index is 14.0. The minimum Gasteiger partial charge on any atom is -0.368 e. The zero-order valence-electron chi connectivity index (χ0n) is 12.4. The topological polar surface area (TPSA) is 68.0 Å². The Hall–Kier alpha value is -2.44. The lowest BCUT2D eigenvalue weighted by Crippen LogP contribution is -2.27. The summed E-state index contributed by atoms with van der Waals surface area (Å²) in [5.41, 5.74) is 6.92. The molecule has 0 saturated heterocycles. The number of thiophene rings is 1. The lowest BCUT2D eigenvalue weighted by Gasteiger charge is -2.16. The number of anilines is 1. The van der Waals surface area contributed by atoms with Gasteiger partial charge in [-0.2, -0.15) is 0 Å². The van der Waals surface area contributed by atoms with Gasteiger partial charge >= 0.3 is 0 Å². The van der Waals surface area contributed by atoms with Crippen molar-refractivity contribution in [2.75, 3.05) is 5.32 Å². The van der Waals surface area contributed by atoms with Crippen LogP contribution in [0.25, 0.3) is 11.1 Å². The van der Waals surface area contributed by atoms with Crippen molar-refractivity contribution in [1.82, 2.24) is 4.98 Å². The summed E-state index contributed by atoms with van der Waals surface area (Å²) < 4.78 is 14.0. The number of nitrogens with zero attached hydrogens (tertiary/aromatic N) is 1.